The SMILES string of the molecule is CCOP(=O)(OCC)C(CC(C)C(O[Si](c1ccccc1)(c1ccccc1)C(C)(C)C)C(C)(C)C)C(=O)O. The predicted octanol–water partition coefficient (Wildman–Crippen LogP) is 6.72. The van der Waals surface area contributed by atoms with Gasteiger partial charge in [-0.25, -0.2) is 0 Å². The molecule has 0 saturated heterocycles. The molecule has 2 rings (SSSR count). The first-order valence-electron chi connectivity index (χ1n) is 13.5. The summed E-state index contributed by atoms with van der Waals surface area (Å²) in [5, 5.41) is 12.2. The van der Waals surface area contributed by atoms with Crippen LogP contribution in [0.4, 0.5) is 0 Å². The zero-order valence-electron chi connectivity index (χ0n) is 24.6. The van der Waals surface area contributed by atoms with Gasteiger partial charge < -0.3 is 18.6 Å². The Labute approximate surface area is 230 Å². The Balaban J connectivity index is 2.68. The van der Waals surface area contributed by atoms with Crippen LogP contribution in [0.25, 0.3) is 0 Å². The molecular weight excluding hydrogens is 515 g/mol. The van der Waals surface area contributed by atoms with Crippen LogP contribution in [0.2, 0.25) is 5.04 Å². The van der Waals surface area contributed by atoms with E-state index in [0.29, 0.717) is 0 Å². The molecule has 0 saturated carbocycles. The van der Waals surface area contributed by atoms with Gasteiger partial charge in [-0.1, -0.05) is 109 Å². The predicted molar refractivity (Wildman–Crippen MR) is 158 cm³/mol. The van der Waals surface area contributed by atoms with Crippen molar-refractivity contribution in [2.45, 2.75) is 85.5 Å². The van der Waals surface area contributed by atoms with Crippen molar-refractivity contribution in [3.63, 3.8) is 0 Å². The monoisotopic (exact) mass is 562 g/mol. The van der Waals surface area contributed by atoms with E-state index in [9.17, 15) is 14.5 Å². The zero-order chi connectivity index (χ0) is 28.8. The lowest BCUT2D eigenvalue weighted by atomic mass is 9.80. The first-order valence-corrected chi connectivity index (χ1v) is 17.1. The van der Waals surface area contributed by atoms with E-state index < -0.39 is 27.5 Å². The Kier molecular flexibility index (Phi) is 11.2. The summed E-state index contributed by atoms with van der Waals surface area (Å²) in [5.41, 5.74) is -1.62. The van der Waals surface area contributed by atoms with Crippen LogP contribution in [0.5, 0.6) is 0 Å². The lowest BCUT2D eigenvalue weighted by Gasteiger charge is -2.49. The van der Waals surface area contributed by atoms with Gasteiger partial charge in [0.25, 0.3) is 8.32 Å². The number of carboxylic acids is 1. The number of hydrogen-bond acceptors (Lipinski definition) is 5. The van der Waals surface area contributed by atoms with Crippen LogP contribution in [0.3, 0.4) is 0 Å². The summed E-state index contributed by atoms with van der Waals surface area (Å²) in [7, 11) is -6.79. The van der Waals surface area contributed by atoms with E-state index >= 15 is 0 Å². The van der Waals surface area contributed by atoms with E-state index in [1.54, 1.807) is 13.8 Å². The molecule has 8 heteroatoms. The Morgan fingerprint density at radius 3 is 1.61 bits per heavy atom. The van der Waals surface area contributed by atoms with Crippen molar-refractivity contribution in [3.8, 4) is 0 Å². The van der Waals surface area contributed by atoms with Gasteiger partial charge in [-0.3, -0.25) is 9.36 Å². The van der Waals surface area contributed by atoms with Crippen LogP contribution in [0.15, 0.2) is 60.7 Å². The van der Waals surface area contributed by atoms with Crippen LogP contribution in [-0.2, 0) is 22.8 Å². The molecule has 2 aromatic carbocycles. The third-order valence-corrected chi connectivity index (χ3v) is 14.4. The van der Waals surface area contributed by atoms with Crippen molar-refractivity contribution in [1.29, 1.82) is 0 Å². The van der Waals surface area contributed by atoms with E-state index in [0.717, 1.165) is 10.4 Å². The van der Waals surface area contributed by atoms with Crippen LogP contribution in [0.1, 0.15) is 68.7 Å². The topological polar surface area (TPSA) is 82.1 Å². The zero-order valence-corrected chi connectivity index (χ0v) is 26.5. The molecule has 0 aromatic heterocycles. The Morgan fingerprint density at radius 1 is 0.868 bits per heavy atom. The Morgan fingerprint density at radius 2 is 1.29 bits per heavy atom. The van der Waals surface area contributed by atoms with Gasteiger partial charge in [0.15, 0.2) is 5.66 Å². The highest BCUT2D eigenvalue weighted by molar-refractivity contribution is 7.55. The minimum Gasteiger partial charge on any atom is -0.481 e. The van der Waals surface area contributed by atoms with Crippen molar-refractivity contribution in [1.82, 2.24) is 0 Å². The largest absolute Gasteiger partial charge is 0.481 e. The van der Waals surface area contributed by atoms with E-state index in [1.807, 2.05) is 43.3 Å². The molecule has 38 heavy (non-hydrogen) atoms. The van der Waals surface area contributed by atoms with Gasteiger partial charge in [0, 0.05) is 0 Å². The normalized spacial score (nSPS) is 15.6. The summed E-state index contributed by atoms with van der Waals surface area (Å²) >= 11 is 0. The third-order valence-electron chi connectivity index (χ3n) is 6.97. The fourth-order valence-electron chi connectivity index (χ4n) is 5.45. The van der Waals surface area contributed by atoms with Crippen LogP contribution in [-0.4, -0.2) is 44.4 Å². The highest BCUT2D eigenvalue weighted by Crippen LogP contribution is 2.56. The second-order valence-corrected chi connectivity index (χ2v) is 18.5. The van der Waals surface area contributed by atoms with E-state index in [4.69, 9.17) is 13.5 Å². The molecule has 0 heterocycles. The van der Waals surface area contributed by atoms with Gasteiger partial charge >= 0.3 is 13.6 Å². The van der Waals surface area contributed by atoms with E-state index in [-0.39, 0.29) is 42.1 Å². The molecule has 3 atom stereocenters. The summed E-state index contributed by atoms with van der Waals surface area (Å²) in [6.45, 7) is 18.6. The van der Waals surface area contributed by atoms with Gasteiger partial charge in [-0.05, 0) is 47.0 Å². The van der Waals surface area contributed by atoms with Crippen LogP contribution in [0, 0.1) is 11.3 Å². The summed E-state index contributed by atoms with van der Waals surface area (Å²) in [6, 6.07) is 20.8. The lowest BCUT2D eigenvalue weighted by molar-refractivity contribution is -0.137. The highest BCUT2D eigenvalue weighted by atomic mass is 31.2. The second-order valence-electron chi connectivity index (χ2n) is 12.0. The first-order chi connectivity index (χ1) is 17.6. The smallest absolute Gasteiger partial charge is 0.344 e. The molecule has 1 N–H and O–H groups in total. The maximum atomic E-state index is 13.6. The molecular formula is C30H47O6PSi. The molecule has 212 valence electrons. The van der Waals surface area contributed by atoms with Gasteiger partial charge in [-0.2, -0.15) is 0 Å². The van der Waals surface area contributed by atoms with Crippen molar-refractivity contribution in [2.24, 2.45) is 11.3 Å². The number of aliphatic carboxylic acids is 1. The van der Waals surface area contributed by atoms with Gasteiger partial charge in [0.1, 0.15) is 0 Å². The minimum atomic E-state index is -3.88. The number of carbonyl (C=O) groups is 1. The molecule has 0 amide bonds. The minimum absolute atomic E-state index is 0.104. The summed E-state index contributed by atoms with van der Waals surface area (Å²) < 4.78 is 32.0. The highest BCUT2D eigenvalue weighted by Gasteiger charge is 2.54. The fraction of sp³-hybridized carbons (Fsp3) is 0.567. The third kappa shape index (κ3) is 7.25. The van der Waals surface area contributed by atoms with Gasteiger partial charge in [0.05, 0.1) is 19.3 Å². The number of carboxylic acid groups (broad SMARTS) is 1. The number of rotatable bonds is 13. The number of benzene rings is 2. The molecule has 3 unspecified atom stereocenters. The van der Waals surface area contributed by atoms with Gasteiger partial charge in [-0.15, -0.1) is 0 Å². The van der Waals surface area contributed by atoms with E-state index in [2.05, 4.69) is 65.8 Å². The average molecular weight is 563 g/mol. The number of hydrogen-bond donors (Lipinski definition) is 1. The van der Waals surface area contributed by atoms with Crippen LogP contribution < -0.4 is 10.4 Å². The maximum Gasteiger partial charge on any atom is 0.344 e. The standard InChI is InChI=1S/C30H47O6PSi/c1-10-34-37(33,35-11-2)26(28(31)32)22-23(3)27(29(4,5)6)36-38(30(7,8)9,24-18-14-12-15-19-24)25-20-16-13-17-21-25/h12-21,23,26-27H,10-11,22H2,1-9H3,(H,31,32). The Hall–Kier alpha value is -1.76. The average Bonchev–Trinajstić information content (AvgIpc) is 2.82. The van der Waals surface area contributed by atoms with Crippen molar-refractivity contribution < 1.29 is 27.9 Å². The van der Waals surface area contributed by atoms with Crippen molar-refractivity contribution in [2.75, 3.05) is 13.2 Å². The second kappa shape index (κ2) is 13.1. The molecule has 0 spiro atoms. The fourth-order valence-corrected chi connectivity index (χ4v) is 12.4. The molecule has 6 nitrogen and oxygen atoms in total. The summed E-state index contributed by atoms with van der Waals surface area (Å²) in [5.74, 6) is -1.44. The molecule has 0 fully saturated rings. The lowest BCUT2D eigenvalue weighted by Crippen LogP contribution is -2.69. The molecule has 0 bridgehead atoms. The van der Waals surface area contributed by atoms with Crippen LogP contribution >= 0.6 is 7.60 Å². The molecule has 0 aliphatic rings. The molecule has 0 aliphatic heterocycles. The summed E-state index contributed by atoms with van der Waals surface area (Å²) in [6.07, 6.45) is -0.236. The Bertz CT molecular complexity index is 1010. The van der Waals surface area contributed by atoms with Crippen molar-refractivity contribution in [3.05, 3.63) is 60.7 Å². The molecule has 2 aromatic rings. The van der Waals surface area contributed by atoms with E-state index in [1.165, 1.54) is 0 Å². The summed E-state index contributed by atoms with van der Waals surface area (Å²) in [4.78, 5) is 12.4. The maximum absolute atomic E-state index is 13.6. The van der Waals surface area contributed by atoms with Gasteiger partial charge in [0.2, 0.25) is 0 Å². The first kappa shape index (κ1) is 32.4. The quantitative estimate of drug-likeness (QED) is 0.216. The molecule has 0 aliphatic carbocycles. The van der Waals surface area contributed by atoms with Crippen molar-refractivity contribution >= 4 is 32.3 Å². The molecule has 0 radical (unpaired) electrons.